The second kappa shape index (κ2) is 7.49. The van der Waals surface area contributed by atoms with Gasteiger partial charge in [-0.05, 0) is 60.1 Å². The number of amides is 1. The lowest BCUT2D eigenvalue weighted by atomic mass is 10.2. The van der Waals surface area contributed by atoms with Crippen molar-refractivity contribution in [2.45, 2.75) is 13.8 Å². The Labute approximate surface area is 155 Å². The maximum Gasteiger partial charge on any atom is 0.270 e. The monoisotopic (exact) mass is 395 g/mol. The van der Waals surface area contributed by atoms with Crippen LogP contribution in [0.1, 0.15) is 27.3 Å². The van der Waals surface area contributed by atoms with Crippen LogP contribution in [0.4, 0.5) is 5.69 Å². The summed E-state index contributed by atoms with van der Waals surface area (Å²) >= 11 is 3.49. The van der Waals surface area contributed by atoms with E-state index >= 15 is 0 Å². The van der Waals surface area contributed by atoms with Gasteiger partial charge in [0, 0.05) is 33.2 Å². The fourth-order valence-electron chi connectivity index (χ4n) is 2.54. The van der Waals surface area contributed by atoms with Crippen molar-refractivity contribution >= 4 is 33.7 Å². The second-order valence-electron chi connectivity index (χ2n) is 5.68. The Hall–Kier alpha value is -2.66. The Morgan fingerprint density at radius 2 is 1.76 bits per heavy atom. The van der Waals surface area contributed by atoms with E-state index in [4.69, 9.17) is 0 Å². The highest BCUT2D eigenvalue weighted by molar-refractivity contribution is 9.10. The van der Waals surface area contributed by atoms with Gasteiger partial charge in [0.25, 0.3) is 5.91 Å². The van der Waals surface area contributed by atoms with E-state index in [2.05, 4.69) is 26.3 Å². The van der Waals surface area contributed by atoms with Gasteiger partial charge in [0.05, 0.1) is 5.69 Å². The quantitative estimate of drug-likeness (QED) is 0.620. The molecule has 1 aromatic heterocycles. The zero-order valence-electron chi connectivity index (χ0n) is 14.0. The minimum Gasteiger partial charge on any atom is -0.267 e. The standard InChI is InChI=1S/C20H18BrN3O/c1-14-12-17(13-22-19-11-7-6-10-18(19)21)15(2)24(14)23-20(25)16-8-4-3-5-9-16/h3-13H,1-2H3,(H,23,25). The van der Waals surface area contributed by atoms with Crippen LogP contribution in [0.25, 0.3) is 0 Å². The SMILES string of the molecule is Cc1cc(C=Nc2ccccc2Br)c(C)n1NC(=O)c1ccccc1. The van der Waals surface area contributed by atoms with Gasteiger partial charge in [0.15, 0.2) is 0 Å². The number of aliphatic imine (C=N–C) groups is 1. The Balaban J connectivity index is 1.84. The molecule has 0 radical (unpaired) electrons. The normalized spacial score (nSPS) is 11.0. The van der Waals surface area contributed by atoms with E-state index < -0.39 is 0 Å². The van der Waals surface area contributed by atoms with Crippen molar-refractivity contribution in [2.24, 2.45) is 4.99 Å². The van der Waals surface area contributed by atoms with Crippen molar-refractivity contribution in [3.63, 3.8) is 0 Å². The number of nitrogens with one attached hydrogen (secondary N) is 1. The Bertz CT molecular complexity index is 929. The van der Waals surface area contributed by atoms with Gasteiger partial charge >= 0.3 is 0 Å². The number of carbonyl (C=O) groups excluding carboxylic acids is 1. The number of aryl methyl sites for hydroxylation is 1. The van der Waals surface area contributed by atoms with Crippen LogP contribution in [0, 0.1) is 13.8 Å². The molecule has 0 bridgehead atoms. The van der Waals surface area contributed by atoms with Crippen molar-refractivity contribution < 1.29 is 4.79 Å². The molecule has 25 heavy (non-hydrogen) atoms. The third kappa shape index (κ3) is 3.88. The van der Waals surface area contributed by atoms with Gasteiger partial charge in [-0.3, -0.25) is 19.9 Å². The average Bonchev–Trinajstić information content (AvgIpc) is 2.89. The van der Waals surface area contributed by atoms with Crippen molar-refractivity contribution in [3.8, 4) is 0 Å². The molecule has 3 rings (SSSR count). The van der Waals surface area contributed by atoms with Crippen LogP contribution < -0.4 is 5.43 Å². The van der Waals surface area contributed by atoms with Crippen LogP contribution in [0.15, 0.2) is 70.1 Å². The number of hydrogen-bond donors (Lipinski definition) is 1. The molecule has 1 amide bonds. The number of aromatic nitrogens is 1. The minimum atomic E-state index is -0.142. The molecule has 0 aliphatic carbocycles. The highest BCUT2D eigenvalue weighted by Gasteiger charge is 2.11. The summed E-state index contributed by atoms with van der Waals surface area (Å²) in [5, 5.41) is 0. The van der Waals surface area contributed by atoms with Gasteiger partial charge in [-0.1, -0.05) is 30.3 Å². The number of carbonyl (C=O) groups is 1. The fourth-order valence-corrected chi connectivity index (χ4v) is 2.93. The fraction of sp³-hybridized carbons (Fsp3) is 0.100. The Morgan fingerprint density at radius 3 is 2.48 bits per heavy atom. The number of halogens is 1. The molecule has 0 atom stereocenters. The summed E-state index contributed by atoms with van der Waals surface area (Å²) < 4.78 is 2.73. The van der Waals surface area contributed by atoms with E-state index in [0.29, 0.717) is 5.56 Å². The molecular weight excluding hydrogens is 378 g/mol. The number of benzene rings is 2. The number of nitrogens with zero attached hydrogens (tertiary/aromatic N) is 2. The Morgan fingerprint density at radius 1 is 1.08 bits per heavy atom. The molecule has 1 heterocycles. The zero-order valence-corrected chi connectivity index (χ0v) is 15.6. The van der Waals surface area contributed by atoms with Gasteiger partial charge < -0.3 is 0 Å². The average molecular weight is 396 g/mol. The molecule has 0 saturated carbocycles. The first-order valence-electron chi connectivity index (χ1n) is 7.90. The summed E-state index contributed by atoms with van der Waals surface area (Å²) in [5.41, 5.74) is 7.25. The van der Waals surface area contributed by atoms with E-state index in [9.17, 15) is 4.79 Å². The van der Waals surface area contributed by atoms with Crippen molar-refractivity contribution in [3.05, 3.63) is 87.7 Å². The molecule has 4 nitrogen and oxygen atoms in total. The lowest BCUT2D eigenvalue weighted by Crippen LogP contribution is -2.24. The zero-order chi connectivity index (χ0) is 17.8. The topological polar surface area (TPSA) is 46.4 Å². The molecular formula is C20H18BrN3O. The maximum absolute atomic E-state index is 12.4. The van der Waals surface area contributed by atoms with E-state index in [1.807, 2.05) is 68.6 Å². The predicted molar refractivity (Wildman–Crippen MR) is 105 cm³/mol. The van der Waals surface area contributed by atoms with Gasteiger partial charge in [0.2, 0.25) is 0 Å². The molecule has 0 spiro atoms. The largest absolute Gasteiger partial charge is 0.270 e. The molecule has 5 heteroatoms. The molecule has 0 aliphatic heterocycles. The highest BCUT2D eigenvalue weighted by atomic mass is 79.9. The van der Waals surface area contributed by atoms with Crippen molar-refractivity contribution in [1.29, 1.82) is 0 Å². The summed E-state index contributed by atoms with van der Waals surface area (Å²) in [5.74, 6) is -0.142. The second-order valence-corrected chi connectivity index (χ2v) is 6.53. The van der Waals surface area contributed by atoms with E-state index in [-0.39, 0.29) is 5.91 Å². The molecule has 0 aliphatic rings. The van der Waals surface area contributed by atoms with Gasteiger partial charge in [-0.25, -0.2) is 0 Å². The van der Waals surface area contributed by atoms with Crippen LogP contribution in [-0.2, 0) is 0 Å². The van der Waals surface area contributed by atoms with Crippen molar-refractivity contribution in [1.82, 2.24) is 4.68 Å². The molecule has 0 saturated heterocycles. The van der Waals surface area contributed by atoms with Crippen LogP contribution in [-0.4, -0.2) is 16.8 Å². The summed E-state index contributed by atoms with van der Waals surface area (Å²) in [6.07, 6.45) is 1.81. The first-order chi connectivity index (χ1) is 12.1. The van der Waals surface area contributed by atoms with Gasteiger partial charge in [-0.15, -0.1) is 0 Å². The molecule has 126 valence electrons. The number of para-hydroxylation sites is 1. The predicted octanol–water partition coefficient (Wildman–Crippen LogP) is 5.00. The third-order valence-electron chi connectivity index (χ3n) is 3.91. The Kier molecular flexibility index (Phi) is 5.14. The summed E-state index contributed by atoms with van der Waals surface area (Å²) in [4.78, 5) is 16.9. The van der Waals surface area contributed by atoms with E-state index in [1.165, 1.54) is 0 Å². The number of hydrogen-bond acceptors (Lipinski definition) is 2. The summed E-state index contributed by atoms with van der Waals surface area (Å²) in [6, 6.07) is 19.0. The number of rotatable bonds is 4. The molecule has 0 fully saturated rings. The van der Waals surface area contributed by atoms with Crippen molar-refractivity contribution in [2.75, 3.05) is 5.43 Å². The maximum atomic E-state index is 12.4. The lowest BCUT2D eigenvalue weighted by Gasteiger charge is -2.11. The van der Waals surface area contributed by atoms with Crippen LogP contribution in [0.3, 0.4) is 0 Å². The molecule has 2 aromatic carbocycles. The van der Waals surface area contributed by atoms with Gasteiger partial charge in [0.1, 0.15) is 0 Å². The van der Waals surface area contributed by atoms with E-state index in [1.54, 1.807) is 16.8 Å². The summed E-state index contributed by atoms with van der Waals surface area (Å²) in [7, 11) is 0. The molecule has 1 N–H and O–H groups in total. The first kappa shape index (κ1) is 17.2. The lowest BCUT2D eigenvalue weighted by molar-refractivity contribution is 0.101. The van der Waals surface area contributed by atoms with Crippen LogP contribution in [0.2, 0.25) is 0 Å². The van der Waals surface area contributed by atoms with Crippen LogP contribution in [0.5, 0.6) is 0 Å². The molecule has 3 aromatic rings. The minimum absolute atomic E-state index is 0.142. The highest BCUT2D eigenvalue weighted by Crippen LogP contribution is 2.24. The molecule has 0 unspecified atom stereocenters. The van der Waals surface area contributed by atoms with E-state index in [0.717, 1.165) is 27.1 Å². The first-order valence-corrected chi connectivity index (χ1v) is 8.69. The smallest absolute Gasteiger partial charge is 0.267 e. The summed E-state index contributed by atoms with van der Waals surface area (Å²) in [6.45, 7) is 3.91. The van der Waals surface area contributed by atoms with Gasteiger partial charge in [-0.2, -0.15) is 0 Å². The van der Waals surface area contributed by atoms with Crippen LogP contribution >= 0.6 is 15.9 Å². The third-order valence-corrected chi connectivity index (χ3v) is 4.59.